The molecule has 0 aliphatic rings. The molecule has 0 unspecified atom stereocenters. The SMILES string of the molecule is O=C(O)CCc1ccc(S(=O)(=O)Nc2ccc(O)c(C(=O)O)c2)cc1. The van der Waals surface area contributed by atoms with Gasteiger partial charge in [0.05, 0.1) is 4.90 Å². The molecular formula is C16H15NO7S. The zero-order chi connectivity index (χ0) is 18.6. The van der Waals surface area contributed by atoms with Crippen molar-refractivity contribution < 1.29 is 33.3 Å². The summed E-state index contributed by atoms with van der Waals surface area (Å²) in [7, 11) is -3.96. The minimum Gasteiger partial charge on any atom is -0.507 e. The van der Waals surface area contributed by atoms with E-state index in [0.717, 1.165) is 12.1 Å². The predicted octanol–water partition coefficient (Wildman–Crippen LogP) is 1.91. The second-order valence-electron chi connectivity index (χ2n) is 5.18. The van der Waals surface area contributed by atoms with Crippen molar-refractivity contribution in [2.45, 2.75) is 17.7 Å². The van der Waals surface area contributed by atoms with Crippen LogP contribution in [0, 0.1) is 0 Å². The Morgan fingerprint density at radius 1 is 1.00 bits per heavy atom. The fourth-order valence-corrected chi connectivity index (χ4v) is 3.12. The molecule has 2 aromatic carbocycles. The third-order valence-electron chi connectivity index (χ3n) is 3.34. The van der Waals surface area contributed by atoms with Gasteiger partial charge < -0.3 is 15.3 Å². The number of nitrogens with one attached hydrogen (secondary N) is 1. The highest BCUT2D eigenvalue weighted by Crippen LogP contribution is 2.24. The lowest BCUT2D eigenvalue weighted by atomic mass is 10.1. The van der Waals surface area contributed by atoms with Crippen LogP contribution in [-0.2, 0) is 21.2 Å². The second-order valence-corrected chi connectivity index (χ2v) is 6.86. The van der Waals surface area contributed by atoms with E-state index >= 15 is 0 Å². The van der Waals surface area contributed by atoms with Crippen molar-refractivity contribution in [3.63, 3.8) is 0 Å². The van der Waals surface area contributed by atoms with Crippen LogP contribution in [0.3, 0.4) is 0 Å². The molecular weight excluding hydrogens is 350 g/mol. The summed E-state index contributed by atoms with van der Waals surface area (Å²) >= 11 is 0. The topological polar surface area (TPSA) is 141 Å². The summed E-state index contributed by atoms with van der Waals surface area (Å²) < 4.78 is 26.9. The van der Waals surface area contributed by atoms with Crippen molar-refractivity contribution in [3.05, 3.63) is 53.6 Å². The molecule has 9 heteroatoms. The molecule has 0 fully saturated rings. The first-order valence-corrected chi connectivity index (χ1v) is 8.57. The van der Waals surface area contributed by atoms with Crippen molar-refractivity contribution in [2.24, 2.45) is 0 Å². The van der Waals surface area contributed by atoms with E-state index in [9.17, 15) is 23.1 Å². The zero-order valence-electron chi connectivity index (χ0n) is 12.8. The van der Waals surface area contributed by atoms with Crippen LogP contribution >= 0.6 is 0 Å². The Labute approximate surface area is 143 Å². The van der Waals surface area contributed by atoms with E-state index < -0.39 is 33.3 Å². The fraction of sp³-hybridized carbons (Fsp3) is 0.125. The first-order valence-electron chi connectivity index (χ1n) is 7.09. The number of carboxylic acids is 2. The van der Waals surface area contributed by atoms with E-state index in [2.05, 4.69) is 4.72 Å². The summed E-state index contributed by atoms with van der Waals surface area (Å²) in [5.74, 6) is -2.81. The molecule has 25 heavy (non-hydrogen) atoms. The molecule has 2 rings (SSSR count). The van der Waals surface area contributed by atoms with Crippen molar-refractivity contribution in [1.82, 2.24) is 0 Å². The average molecular weight is 365 g/mol. The largest absolute Gasteiger partial charge is 0.507 e. The van der Waals surface area contributed by atoms with E-state index in [1.54, 1.807) is 0 Å². The normalized spacial score (nSPS) is 11.0. The second kappa shape index (κ2) is 7.22. The first-order chi connectivity index (χ1) is 11.7. The van der Waals surface area contributed by atoms with Crippen LogP contribution in [0.15, 0.2) is 47.4 Å². The molecule has 0 aliphatic carbocycles. The van der Waals surface area contributed by atoms with Crippen molar-refractivity contribution in [1.29, 1.82) is 0 Å². The molecule has 0 aromatic heterocycles. The number of phenols is 1. The maximum absolute atomic E-state index is 12.3. The Hall–Kier alpha value is -3.07. The number of benzene rings is 2. The average Bonchev–Trinajstić information content (AvgIpc) is 2.54. The number of hydrogen-bond acceptors (Lipinski definition) is 5. The van der Waals surface area contributed by atoms with E-state index in [1.807, 2.05) is 0 Å². The number of aryl methyl sites for hydroxylation is 1. The summed E-state index contributed by atoms with van der Waals surface area (Å²) in [5.41, 5.74) is 0.244. The van der Waals surface area contributed by atoms with E-state index in [1.165, 1.54) is 30.3 Å². The molecule has 8 nitrogen and oxygen atoms in total. The summed E-state index contributed by atoms with van der Waals surface area (Å²) in [5, 5.41) is 27.0. The molecule has 0 radical (unpaired) electrons. The maximum atomic E-state index is 12.3. The summed E-state index contributed by atoms with van der Waals surface area (Å²) in [6.07, 6.45) is 0.221. The van der Waals surface area contributed by atoms with Crippen LogP contribution in [0.5, 0.6) is 5.75 Å². The quantitative estimate of drug-likeness (QED) is 0.549. The van der Waals surface area contributed by atoms with Gasteiger partial charge in [0.1, 0.15) is 11.3 Å². The van der Waals surface area contributed by atoms with Crippen LogP contribution in [-0.4, -0.2) is 35.7 Å². The Morgan fingerprint density at radius 2 is 1.64 bits per heavy atom. The van der Waals surface area contributed by atoms with Gasteiger partial charge in [0, 0.05) is 12.1 Å². The van der Waals surface area contributed by atoms with Crippen molar-refractivity contribution in [2.75, 3.05) is 4.72 Å². The van der Waals surface area contributed by atoms with Crippen LogP contribution < -0.4 is 4.72 Å². The van der Waals surface area contributed by atoms with Crippen molar-refractivity contribution >= 4 is 27.6 Å². The molecule has 0 amide bonds. The predicted molar refractivity (Wildman–Crippen MR) is 88.3 cm³/mol. The molecule has 0 heterocycles. The van der Waals surface area contributed by atoms with Gasteiger partial charge >= 0.3 is 11.9 Å². The highest BCUT2D eigenvalue weighted by atomic mass is 32.2. The Kier molecular flexibility index (Phi) is 5.28. The highest BCUT2D eigenvalue weighted by molar-refractivity contribution is 7.92. The van der Waals surface area contributed by atoms with Crippen LogP contribution in [0.25, 0.3) is 0 Å². The maximum Gasteiger partial charge on any atom is 0.339 e. The van der Waals surface area contributed by atoms with Gasteiger partial charge in [-0.05, 0) is 42.3 Å². The Morgan fingerprint density at radius 3 is 2.20 bits per heavy atom. The third-order valence-corrected chi connectivity index (χ3v) is 4.74. The molecule has 0 atom stereocenters. The van der Waals surface area contributed by atoms with Crippen LogP contribution in [0.2, 0.25) is 0 Å². The summed E-state index contributed by atoms with van der Waals surface area (Å²) in [4.78, 5) is 21.5. The molecule has 0 saturated carbocycles. The molecule has 0 saturated heterocycles. The standard InChI is InChI=1S/C16H15NO7S/c18-14-7-4-11(9-13(14)16(21)22)17-25(23,24)12-5-1-10(2-6-12)3-8-15(19)20/h1-2,4-7,9,17-18H,3,8H2,(H,19,20)(H,21,22). The monoisotopic (exact) mass is 365 g/mol. The van der Waals surface area contributed by atoms with Gasteiger partial charge in [-0.1, -0.05) is 12.1 Å². The summed E-state index contributed by atoms with van der Waals surface area (Å²) in [6.45, 7) is 0. The van der Waals surface area contributed by atoms with E-state index in [-0.39, 0.29) is 23.4 Å². The minimum atomic E-state index is -3.96. The number of carbonyl (C=O) groups is 2. The zero-order valence-corrected chi connectivity index (χ0v) is 13.7. The third kappa shape index (κ3) is 4.70. The molecule has 2 aromatic rings. The van der Waals surface area contributed by atoms with Gasteiger partial charge in [-0.3, -0.25) is 9.52 Å². The van der Waals surface area contributed by atoms with Gasteiger partial charge in [-0.2, -0.15) is 0 Å². The van der Waals surface area contributed by atoms with Crippen LogP contribution in [0.4, 0.5) is 5.69 Å². The number of anilines is 1. The van der Waals surface area contributed by atoms with E-state index in [0.29, 0.717) is 5.56 Å². The molecule has 0 bridgehead atoms. The smallest absolute Gasteiger partial charge is 0.339 e. The number of aliphatic carboxylic acids is 1. The van der Waals surface area contributed by atoms with Crippen LogP contribution in [0.1, 0.15) is 22.3 Å². The van der Waals surface area contributed by atoms with Crippen molar-refractivity contribution in [3.8, 4) is 5.75 Å². The van der Waals surface area contributed by atoms with Gasteiger partial charge in [0.15, 0.2) is 0 Å². The molecule has 4 N–H and O–H groups in total. The number of rotatable bonds is 7. The lowest BCUT2D eigenvalue weighted by molar-refractivity contribution is -0.136. The molecule has 0 spiro atoms. The highest BCUT2D eigenvalue weighted by Gasteiger charge is 2.17. The number of aromatic carboxylic acids is 1. The summed E-state index contributed by atoms with van der Waals surface area (Å²) in [6, 6.07) is 9.01. The first kappa shape index (κ1) is 18.3. The number of hydrogen-bond donors (Lipinski definition) is 4. The van der Waals surface area contributed by atoms with Gasteiger partial charge in [-0.25, -0.2) is 13.2 Å². The molecule has 132 valence electrons. The Balaban J connectivity index is 2.20. The van der Waals surface area contributed by atoms with Gasteiger partial charge in [0.25, 0.3) is 10.0 Å². The van der Waals surface area contributed by atoms with Gasteiger partial charge in [0.2, 0.25) is 0 Å². The number of carboxylic acid groups (broad SMARTS) is 2. The number of aromatic hydroxyl groups is 1. The lowest BCUT2D eigenvalue weighted by Crippen LogP contribution is -2.13. The Bertz CT molecular complexity index is 905. The fourth-order valence-electron chi connectivity index (χ4n) is 2.07. The lowest BCUT2D eigenvalue weighted by Gasteiger charge is -2.10. The number of sulfonamides is 1. The molecule has 0 aliphatic heterocycles. The minimum absolute atomic E-state index is 0.00912. The van der Waals surface area contributed by atoms with Gasteiger partial charge in [-0.15, -0.1) is 0 Å². The van der Waals surface area contributed by atoms with E-state index in [4.69, 9.17) is 10.2 Å².